The van der Waals surface area contributed by atoms with Crippen LogP contribution in [0.15, 0.2) is 45.8 Å². The fraction of sp³-hybridized carbons (Fsp3) is 0.0769. The predicted molar refractivity (Wildman–Crippen MR) is 80.5 cm³/mol. The zero-order chi connectivity index (χ0) is 14.9. The molecule has 0 unspecified atom stereocenters. The van der Waals surface area contributed by atoms with Gasteiger partial charge in [0.2, 0.25) is 0 Å². The van der Waals surface area contributed by atoms with Gasteiger partial charge in [0.25, 0.3) is 10.0 Å². The second-order valence-electron chi connectivity index (χ2n) is 4.25. The third kappa shape index (κ3) is 3.10. The highest BCUT2D eigenvalue weighted by molar-refractivity contribution is 9.10. The Morgan fingerprint density at radius 3 is 2.50 bits per heavy atom. The Morgan fingerprint density at radius 2 is 1.90 bits per heavy atom. The van der Waals surface area contributed by atoms with Crippen molar-refractivity contribution in [1.29, 1.82) is 0 Å². The van der Waals surface area contributed by atoms with Gasteiger partial charge < -0.3 is 5.73 Å². The van der Waals surface area contributed by atoms with Crippen LogP contribution < -0.4 is 10.5 Å². The van der Waals surface area contributed by atoms with Crippen molar-refractivity contribution in [3.05, 3.63) is 52.3 Å². The molecule has 2 rings (SSSR count). The average Bonchev–Trinajstić information content (AvgIpc) is 2.33. The van der Waals surface area contributed by atoms with Gasteiger partial charge in [-0.3, -0.25) is 4.72 Å². The summed E-state index contributed by atoms with van der Waals surface area (Å²) < 4.78 is 40.7. The van der Waals surface area contributed by atoms with Gasteiger partial charge in [-0.25, -0.2) is 12.8 Å². The summed E-state index contributed by atoms with van der Waals surface area (Å²) in [4.78, 5) is -0.417. The smallest absolute Gasteiger partial charge is 0.264 e. The number of rotatable bonds is 3. The van der Waals surface area contributed by atoms with Crippen LogP contribution in [-0.4, -0.2) is 8.42 Å². The van der Waals surface area contributed by atoms with Crippen LogP contribution in [0.1, 0.15) is 5.56 Å². The topological polar surface area (TPSA) is 72.2 Å². The molecule has 0 spiro atoms. The minimum Gasteiger partial charge on any atom is -0.398 e. The normalized spacial score (nSPS) is 11.3. The van der Waals surface area contributed by atoms with E-state index in [2.05, 4.69) is 20.7 Å². The van der Waals surface area contributed by atoms with Gasteiger partial charge in [-0.15, -0.1) is 0 Å². The maximum Gasteiger partial charge on any atom is 0.264 e. The number of aryl methyl sites for hydroxylation is 1. The van der Waals surface area contributed by atoms with Crippen molar-refractivity contribution < 1.29 is 12.8 Å². The Kier molecular flexibility index (Phi) is 4.01. The van der Waals surface area contributed by atoms with E-state index in [0.717, 1.165) is 11.6 Å². The first kappa shape index (κ1) is 14.8. The Hall–Kier alpha value is -1.60. The molecule has 0 atom stereocenters. The average molecular weight is 359 g/mol. The van der Waals surface area contributed by atoms with Crippen molar-refractivity contribution >= 4 is 37.3 Å². The van der Waals surface area contributed by atoms with Crippen LogP contribution in [0, 0.1) is 12.7 Å². The number of benzene rings is 2. The molecule has 0 aliphatic carbocycles. The first-order chi connectivity index (χ1) is 9.29. The fourth-order valence-electron chi connectivity index (χ4n) is 1.61. The van der Waals surface area contributed by atoms with Gasteiger partial charge in [-0.05, 0) is 42.8 Å². The Labute approximate surface area is 125 Å². The van der Waals surface area contributed by atoms with Gasteiger partial charge in [0.15, 0.2) is 0 Å². The van der Waals surface area contributed by atoms with E-state index in [4.69, 9.17) is 5.73 Å². The van der Waals surface area contributed by atoms with Crippen LogP contribution in [0.5, 0.6) is 0 Å². The molecule has 0 aliphatic heterocycles. The fourth-order valence-corrected chi connectivity index (χ4v) is 3.05. The molecule has 0 saturated carbocycles. The lowest BCUT2D eigenvalue weighted by molar-refractivity contribution is 0.570. The SMILES string of the molecule is Cc1ccc(NS(=O)(=O)c2ccc(Br)cc2F)cc1N. The minimum absolute atomic E-state index is 0.287. The maximum atomic E-state index is 13.7. The molecule has 4 nitrogen and oxygen atoms in total. The van der Waals surface area contributed by atoms with Crippen LogP contribution in [-0.2, 0) is 10.0 Å². The molecule has 0 aromatic heterocycles. The molecule has 7 heteroatoms. The van der Waals surface area contributed by atoms with Crippen LogP contribution in [0.3, 0.4) is 0 Å². The molecule has 2 aromatic rings. The third-order valence-corrected chi connectivity index (χ3v) is 4.62. The highest BCUT2D eigenvalue weighted by Gasteiger charge is 2.19. The Balaban J connectivity index is 2.38. The van der Waals surface area contributed by atoms with Crippen LogP contribution >= 0.6 is 15.9 Å². The van der Waals surface area contributed by atoms with Crippen LogP contribution in [0.2, 0.25) is 0 Å². The predicted octanol–water partition coefficient (Wildman–Crippen LogP) is 3.28. The summed E-state index contributed by atoms with van der Waals surface area (Å²) in [6.07, 6.45) is 0. The summed E-state index contributed by atoms with van der Waals surface area (Å²) in [6.45, 7) is 1.81. The molecule has 0 bridgehead atoms. The minimum atomic E-state index is -3.99. The number of halogens is 2. The largest absolute Gasteiger partial charge is 0.398 e. The molecular formula is C13H12BrFN2O2S. The molecule has 0 amide bonds. The van der Waals surface area contributed by atoms with Crippen LogP contribution in [0.25, 0.3) is 0 Å². The highest BCUT2D eigenvalue weighted by Crippen LogP contribution is 2.23. The zero-order valence-electron chi connectivity index (χ0n) is 10.5. The van der Waals surface area contributed by atoms with Crippen molar-refractivity contribution in [2.24, 2.45) is 0 Å². The van der Waals surface area contributed by atoms with Gasteiger partial charge in [0.05, 0.1) is 5.69 Å². The molecule has 2 aromatic carbocycles. The van der Waals surface area contributed by atoms with Crippen molar-refractivity contribution in [2.45, 2.75) is 11.8 Å². The van der Waals surface area contributed by atoms with E-state index >= 15 is 0 Å². The van der Waals surface area contributed by atoms with Crippen molar-refractivity contribution in [3.63, 3.8) is 0 Å². The van der Waals surface area contributed by atoms with Gasteiger partial charge >= 0.3 is 0 Å². The number of anilines is 2. The summed E-state index contributed by atoms with van der Waals surface area (Å²) in [5.74, 6) is -0.827. The van der Waals surface area contributed by atoms with Gasteiger partial charge in [-0.1, -0.05) is 22.0 Å². The molecule has 106 valence electrons. The van der Waals surface area contributed by atoms with Crippen molar-refractivity contribution in [2.75, 3.05) is 10.5 Å². The lowest BCUT2D eigenvalue weighted by atomic mass is 10.2. The number of hydrogen-bond donors (Lipinski definition) is 2. The molecule has 0 heterocycles. The number of sulfonamides is 1. The third-order valence-electron chi connectivity index (χ3n) is 2.71. The standard InChI is InChI=1S/C13H12BrFN2O2S/c1-8-2-4-10(7-12(8)16)17-20(18,19)13-5-3-9(14)6-11(13)15/h2-7,17H,16H2,1H3. The van der Waals surface area contributed by atoms with Crippen molar-refractivity contribution in [1.82, 2.24) is 0 Å². The van der Waals surface area contributed by atoms with Gasteiger partial charge in [-0.2, -0.15) is 0 Å². The second kappa shape index (κ2) is 5.41. The molecule has 0 fully saturated rings. The van der Waals surface area contributed by atoms with Crippen molar-refractivity contribution in [3.8, 4) is 0 Å². The second-order valence-corrected chi connectivity index (χ2v) is 6.82. The Morgan fingerprint density at radius 1 is 1.20 bits per heavy atom. The summed E-state index contributed by atoms with van der Waals surface area (Å²) in [7, 11) is -3.99. The van der Waals surface area contributed by atoms with E-state index in [9.17, 15) is 12.8 Å². The molecular weight excluding hydrogens is 347 g/mol. The Bertz CT molecular complexity index is 763. The lowest BCUT2D eigenvalue weighted by Gasteiger charge is -2.10. The number of nitrogens with one attached hydrogen (secondary N) is 1. The molecule has 0 aliphatic rings. The zero-order valence-corrected chi connectivity index (χ0v) is 12.9. The molecule has 0 radical (unpaired) electrons. The monoisotopic (exact) mass is 358 g/mol. The summed E-state index contributed by atoms with van der Waals surface area (Å²) in [5, 5.41) is 0. The summed E-state index contributed by atoms with van der Waals surface area (Å²) >= 11 is 3.08. The number of nitrogen functional groups attached to an aromatic ring is 1. The lowest BCUT2D eigenvalue weighted by Crippen LogP contribution is -2.14. The highest BCUT2D eigenvalue weighted by atomic mass is 79.9. The summed E-state index contributed by atoms with van der Waals surface area (Å²) in [5.41, 5.74) is 7.30. The summed E-state index contributed by atoms with van der Waals surface area (Å²) in [6, 6.07) is 8.49. The van der Waals surface area contributed by atoms with E-state index in [-0.39, 0.29) is 5.69 Å². The van der Waals surface area contributed by atoms with E-state index in [1.165, 1.54) is 18.2 Å². The van der Waals surface area contributed by atoms with E-state index < -0.39 is 20.7 Å². The van der Waals surface area contributed by atoms with Gasteiger partial charge in [0, 0.05) is 10.2 Å². The van der Waals surface area contributed by atoms with E-state index in [1.807, 2.05) is 6.92 Å². The maximum absolute atomic E-state index is 13.7. The first-order valence-corrected chi connectivity index (χ1v) is 7.91. The van der Waals surface area contributed by atoms with Crippen LogP contribution in [0.4, 0.5) is 15.8 Å². The number of hydrogen-bond acceptors (Lipinski definition) is 3. The van der Waals surface area contributed by atoms with E-state index in [1.54, 1.807) is 12.1 Å². The molecule has 20 heavy (non-hydrogen) atoms. The van der Waals surface area contributed by atoms with E-state index in [0.29, 0.717) is 10.2 Å². The van der Waals surface area contributed by atoms with Gasteiger partial charge in [0.1, 0.15) is 10.7 Å². The number of nitrogens with two attached hydrogens (primary N) is 1. The quantitative estimate of drug-likeness (QED) is 0.827. The first-order valence-electron chi connectivity index (χ1n) is 5.63. The molecule has 3 N–H and O–H groups in total. The molecule has 0 saturated heterocycles.